The van der Waals surface area contributed by atoms with Crippen LogP contribution in [0, 0.1) is 21.4 Å². The lowest BCUT2D eigenvalue weighted by Crippen LogP contribution is -2.40. The second-order valence-electron chi connectivity index (χ2n) is 6.88. The van der Waals surface area contributed by atoms with Gasteiger partial charge in [-0.3, -0.25) is 15.0 Å². The predicted octanol–water partition coefficient (Wildman–Crippen LogP) is 2.85. The molecule has 2 aromatic carbocycles. The fraction of sp³-hybridized carbons (Fsp3) is 0.136. The Balaban J connectivity index is 2.45. The number of benzene rings is 2. The van der Waals surface area contributed by atoms with Crippen LogP contribution in [0.2, 0.25) is 5.02 Å². The molecule has 0 saturated carbocycles. The minimum Gasteiger partial charge on any atom is -0.505 e. The number of carbonyl (C=O) groups is 2. The van der Waals surface area contributed by atoms with Gasteiger partial charge in [-0.15, -0.1) is 0 Å². The normalized spacial score (nSPS) is 15.6. The van der Waals surface area contributed by atoms with Gasteiger partial charge >= 0.3 is 11.9 Å². The number of nitro benzene ring substituents is 1. The minimum absolute atomic E-state index is 0.145. The first-order valence-corrected chi connectivity index (χ1v) is 9.88. The maximum Gasteiger partial charge on any atom is 0.355 e. The average molecular weight is 485 g/mol. The number of allylic oxidation sites excluding steroid dienone is 1. The Labute approximate surface area is 198 Å². The highest BCUT2D eigenvalue weighted by molar-refractivity contribution is 6.33. The Hall–Kier alpha value is -4.56. The summed E-state index contributed by atoms with van der Waals surface area (Å²) in [5, 5.41) is 31.4. The molecule has 34 heavy (non-hydrogen) atoms. The summed E-state index contributed by atoms with van der Waals surface area (Å²) in [6.45, 7) is 0. The zero-order chi connectivity index (χ0) is 25.2. The number of carbonyl (C=O) groups excluding carboxylic acids is 2. The zero-order valence-corrected chi connectivity index (χ0v) is 18.6. The Morgan fingerprint density at radius 3 is 2.35 bits per heavy atom. The number of hydrogen-bond donors (Lipinski definition) is 2. The Morgan fingerprint density at radius 1 is 1.21 bits per heavy atom. The van der Waals surface area contributed by atoms with E-state index in [1.807, 2.05) is 6.07 Å². The highest BCUT2D eigenvalue weighted by Gasteiger charge is 2.43. The van der Waals surface area contributed by atoms with Gasteiger partial charge in [0.1, 0.15) is 22.3 Å². The lowest BCUT2D eigenvalue weighted by atomic mass is 9.81. The summed E-state index contributed by atoms with van der Waals surface area (Å²) in [6, 6.07) is 12.0. The molecule has 3 N–H and O–H groups in total. The fourth-order valence-corrected chi connectivity index (χ4v) is 3.85. The molecule has 1 atom stereocenters. The number of phenolic OH excluding ortho intramolecular Hbond substituents is 1. The molecule has 2 aromatic rings. The van der Waals surface area contributed by atoms with Crippen molar-refractivity contribution in [2.75, 3.05) is 19.1 Å². The number of esters is 2. The first-order valence-electron chi connectivity index (χ1n) is 9.50. The molecular weight excluding hydrogens is 468 g/mol. The second-order valence-corrected chi connectivity index (χ2v) is 7.29. The number of aromatic hydroxyl groups is 1. The standard InChI is InChI=1S/C22H17ClN4O7/c1-33-21(29)18-17(11-6-4-3-5-7-11)12(10-24)20(25)26(19(18)22(30)34-2)15-8-13(23)14(27(31)32)9-16(15)28/h3-9,17,28H,25H2,1-2H3. The predicted molar refractivity (Wildman–Crippen MR) is 119 cm³/mol. The van der Waals surface area contributed by atoms with Crippen molar-refractivity contribution in [1.82, 2.24) is 0 Å². The fourth-order valence-electron chi connectivity index (χ4n) is 3.62. The van der Waals surface area contributed by atoms with Crippen molar-refractivity contribution in [1.29, 1.82) is 5.26 Å². The molecule has 0 aromatic heterocycles. The van der Waals surface area contributed by atoms with Crippen molar-refractivity contribution < 1.29 is 29.1 Å². The van der Waals surface area contributed by atoms with Crippen molar-refractivity contribution in [3.8, 4) is 11.8 Å². The molecule has 1 unspecified atom stereocenters. The van der Waals surface area contributed by atoms with Crippen molar-refractivity contribution in [3.63, 3.8) is 0 Å². The zero-order valence-electron chi connectivity index (χ0n) is 17.8. The number of phenols is 1. The van der Waals surface area contributed by atoms with Crippen LogP contribution in [0.25, 0.3) is 0 Å². The molecule has 1 heterocycles. The number of rotatable bonds is 5. The lowest BCUT2D eigenvalue weighted by molar-refractivity contribution is -0.384. The molecule has 0 fully saturated rings. The van der Waals surface area contributed by atoms with Crippen LogP contribution >= 0.6 is 11.6 Å². The van der Waals surface area contributed by atoms with Crippen molar-refractivity contribution >= 4 is 34.9 Å². The van der Waals surface area contributed by atoms with Crippen LogP contribution in [0.4, 0.5) is 11.4 Å². The number of nitriles is 1. The van der Waals surface area contributed by atoms with Crippen LogP contribution in [0.3, 0.4) is 0 Å². The van der Waals surface area contributed by atoms with Gasteiger partial charge in [0.25, 0.3) is 5.69 Å². The number of nitrogens with zero attached hydrogens (tertiary/aromatic N) is 3. The summed E-state index contributed by atoms with van der Waals surface area (Å²) in [6.07, 6.45) is 0. The summed E-state index contributed by atoms with van der Waals surface area (Å²) < 4.78 is 9.77. The van der Waals surface area contributed by atoms with Crippen LogP contribution in [-0.2, 0) is 19.1 Å². The number of nitro groups is 1. The highest BCUT2D eigenvalue weighted by atomic mass is 35.5. The van der Waals surface area contributed by atoms with Crippen LogP contribution < -0.4 is 10.6 Å². The van der Waals surface area contributed by atoms with E-state index in [1.54, 1.807) is 30.3 Å². The number of halogens is 1. The van der Waals surface area contributed by atoms with Gasteiger partial charge in [0.15, 0.2) is 0 Å². The van der Waals surface area contributed by atoms with E-state index < -0.39 is 44.9 Å². The average Bonchev–Trinajstić information content (AvgIpc) is 2.83. The Morgan fingerprint density at radius 2 is 1.82 bits per heavy atom. The van der Waals surface area contributed by atoms with Gasteiger partial charge in [0.2, 0.25) is 0 Å². The quantitative estimate of drug-likeness (QED) is 0.365. The van der Waals surface area contributed by atoms with Gasteiger partial charge in [-0.25, -0.2) is 9.59 Å². The molecule has 0 bridgehead atoms. The van der Waals surface area contributed by atoms with Gasteiger partial charge in [0.05, 0.1) is 54.0 Å². The number of methoxy groups -OCH3 is 2. The number of anilines is 1. The van der Waals surface area contributed by atoms with Crippen LogP contribution in [0.15, 0.2) is 65.1 Å². The van der Waals surface area contributed by atoms with Gasteiger partial charge in [-0.1, -0.05) is 41.9 Å². The van der Waals surface area contributed by atoms with E-state index in [-0.39, 0.29) is 22.7 Å². The topological polar surface area (TPSA) is 169 Å². The van der Waals surface area contributed by atoms with E-state index in [9.17, 15) is 30.1 Å². The van der Waals surface area contributed by atoms with E-state index in [4.69, 9.17) is 26.8 Å². The molecule has 1 aliphatic rings. The first kappa shape index (κ1) is 24.1. The molecule has 0 amide bonds. The molecule has 12 heteroatoms. The van der Waals surface area contributed by atoms with Crippen molar-refractivity contribution in [2.24, 2.45) is 5.73 Å². The summed E-state index contributed by atoms with van der Waals surface area (Å²) in [5.74, 6) is -4.15. The third kappa shape index (κ3) is 3.98. The maximum absolute atomic E-state index is 13.0. The highest BCUT2D eigenvalue weighted by Crippen LogP contribution is 2.46. The monoisotopic (exact) mass is 484 g/mol. The van der Waals surface area contributed by atoms with Crippen molar-refractivity contribution in [2.45, 2.75) is 5.92 Å². The van der Waals surface area contributed by atoms with Gasteiger partial charge in [-0.05, 0) is 11.6 Å². The molecule has 174 valence electrons. The molecular formula is C22H17ClN4O7. The maximum atomic E-state index is 13.0. The van der Waals surface area contributed by atoms with E-state index >= 15 is 0 Å². The number of nitrogens with two attached hydrogens (primary N) is 1. The Bertz CT molecular complexity index is 1300. The molecule has 0 radical (unpaired) electrons. The summed E-state index contributed by atoms with van der Waals surface area (Å²) in [7, 11) is 2.15. The summed E-state index contributed by atoms with van der Waals surface area (Å²) in [5.41, 5.74) is 4.95. The summed E-state index contributed by atoms with van der Waals surface area (Å²) >= 11 is 6.02. The molecule has 11 nitrogen and oxygen atoms in total. The third-order valence-corrected chi connectivity index (χ3v) is 5.39. The lowest BCUT2D eigenvalue weighted by Gasteiger charge is -2.36. The number of hydrogen-bond acceptors (Lipinski definition) is 10. The van der Waals surface area contributed by atoms with Crippen LogP contribution in [0.1, 0.15) is 11.5 Å². The van der Waals surface area contributed by atoms with Crippen molar-refractivity contribution in [3.05, 3.63) is 85.8 Å². The molecule has 0 saturated heterocycles. The largest absolute Gasteiger partial charge is 0.505 e. The second kappa shape index (κ2) is 9.51. The molecule has 1 aliphatic heterocycles. The van der Waals surface area contributed by atoms with E-state index in [0.29, 0.717) is 5.56 Å². The minimum atomic E-state index is -1.11. The molecule has 0 aliphatic carbocycles. The van der Waals surface area contributed by atoms with Gasteiger partial charge in [-0.2, -0.15) is 5.26 Å². The van der Waals surface area contributed by atoms with E-state index in [2.05, 4.69) is 0 Å². The third-order valence-electron chi connectivity index (χ3n) is 5.09. The SMILES string of the molecule is COC(=O)C1=C(C(=O)OC)N(c2cc(Cl)c([N+](=O)[O-])cc2O)C(N)=C(C#N)C1c1ccccc1. The first-order chi connectivity index (χ1) is 16.2. The number of ether oxygens (including phenoxy) is 2. The van der Waals surface area contributed by atoms with Gasteiger partial charge in [0, 0.05) is 0 Å². The van der Waals surface area contributed by atoms with E-state index in [0.717, 1.165) is 31.3 Å². The molecule has 3 rings (SSSR count). The van der Waals surface area contributed by atoms with Gasteiger partial charge < -0.3 is 20.3 Å². The summed E-state index contributed by atoms with van der Waals surface area (Å²) in [4.78, 5) is 37.2. The van der Waals surface area contributed by atoms with Crippen LogP contribution in [0.5, 0.6) is 5.75 Å². The Kier molecular flexibility index (Phi) is 6.74. The smallest absolute Gasteiger partial charge is 0.355 e. The molecule has 0 spiro atoms. The van der Waals surface area contributed by atoms with E-state index in [1.165, 1.54) is 0 Å². The van der Waals surface area contributed by atoms with Crippen LogP contribution in [-0.4, -0.2) is 36.2 Å².